The molecule has 3 aliphatic carbocycles. The Balaban J connectivity index is 1.44. The molecule has 0 saturated heterocycles. The Labute approximate surface area is 101 Å². The van der Waals surface area contributed by atoms with Crippen LogP contribution in [-0.4, -0.2) is 6.04 Å². The summed E-state index contributed by atoms with van der Waals surface area (Å²) < 4.78 is 0. The van der Waals surface area contributed by atoms with Gasteiger partial charge in [-0.15, -0.1) is 11.3 Å². The van der Waals surface area contributed by atoms with Crippen molar-refractivity contribution in [1.82, 2.24) is 5.32 Å². The summed E-state index contributed by atoms with van der Waals surface area (Å²) in [6.45, 7) is 2.32. The predicted octanol–water partition coefficient (Wildman–Crippen LogP) is 3.44. The first-order chi connectivity index (χ1) is 7.84. The Morgan fingerprint density at radius 1 is 1.31 bits per heavy atom. The fourth-order valence-electron chi connectivity index (χ4n) is 4.46. The molecule has 1 aromatic heterocycles. The summed E-state index contributed by atoms with van der Waals surface area (Å²) in [5, 5.41) is 6.05. The minimum absolute atomic E-state index is 0.565. The van der Waals surface area contributed by atoms with E-state index < -0.39 is 0 Å². The number of hydrogen-bond acceptors (Lipinski definition) is 2. The van der Waals surface area contributed by atoms with Crippen LogP contribution in [0.1, 0.15) is 37.1 Å². The van der Waals surface area contributed by atoms with Crippen LogP contribution in [0.15, 0.2) is 17.5 Å². The van der Waals surface area contributed by atoms with Crippen molar-refractivity contribution >= 4 is 11.3 Å². The van der Waals surface area contributed by atoms with Gasteiger partial charge in [0.15, 0.2) is 0 Å². The lowest BCUT2D eigenvalue weighted by molar-refractivity contribution is 0.435. The molecule has 0 aromatic carbocycles. The van der Waals surface area contributed by atoms with Gasteiger partial charge in [0.05, 0.1) is 0 Å². The second-order valence-electron chi connectivity index (χ2n) is 5.92. The SMILES string of the molecule is CC(NC1C2C3CCC(C3)C12)c1cccs1. The highest BCUT2D eigenvalue weighted by Crippen LogP contribution is 2.65. The Bertz CT molecular complexity index is 369. The zero-order chi connectivity index (χ0) is 10.7. The molecule has 0 amide bonds. The predicted molar refractivity (Wildman–Crippen MR) is 67.5 cm³/mol. The summed E-state index contributed by atoms with van der Waals surface area (Å²) in [7, 11) is 0. The summed E-state index contributed by atoms with van der Waals surface area (Å²) >= 11 is 1.88. The van der Waals surface area contributed by atoms with Gasteiger partial charge in [-0.2, -0.15) is 0 Å². The van der Waals surface area contributed by atoms with E-state index in [1.165, 1.54) is 17.7 Å². The van der Waals surface area contributed by atoms with E-state index in [4.69, 9.17) is 0 Å². The normalized spacial score (nSPS) is 45.7. The molecule has 2 bridgehead atoms. The molecule has 0 aliphatic heterocycles. The van der Waals surface area contributed by atoms with Crippen LogP contribution >= 0.6 is 11.3 Å². The zero-order valence-corrected chi connectivity index (χ0v) is 10.5. The van der Waals surface area contributed by atoms with Gasteiger partial charge in [-0.05, 0) is 61.3 Å². The summed E-state index contributed by atoms with van der Waals surface area (Å²) in [6, 6.07) is 5.85. The Kier molecular flexibility index (Phi) is 2.01. The van der Waals surface area contributed by atoms with Gasteiger partial charge in [-0.3, -0.25) is 0 Å². The van der Waals surface area contributed by atoms with Crippen molar-refractivity contribution in [1.29, 1.82) is 0 Å². The molecule has 3 aliphatic rings. The number of hydrogen-bond donors (Lipinski definition) is 1. The molecule has 1 N–H and O–H groups in total. The van der Waals surface area contributed by atoms with Gasteiger partial charge in [-0.25, -0.2) is 0 Å². The van der Waals surface area contributed by atoms with E-state index in [1.54, 1.807) is 6.42 Å². The molecule has 1 aromatic rings. The Morgan fingerprint density at radius 3 is 2.69 bits per heavy atom. The molecule has 0 radical (unpaired) electrons. The maximum absolute atomic E-state index is 3.87. The van der Waals surface area contributed by atoms with Crippen LogP contribution in [0.3, 0.4) is 0 Å². The molecule has 1 nitrogen and oxygen atoms in total. The number of rotatable bonds is 3. The summed E-state index contributed by atoms with van der Waals surface area (Å²) in [6.07, 6.45) is 4.61. The molecule has 5 unspecified atom stereocenters. The standard InChI is InChI=1S/C14H19NS/c1-8(11-3-2-6-16-11)15-14-12-9-4-5-10(7-9)13(12)14/h2-3,6,8-10,12-15H,4-5,7H2,1H3. The van der Waals surface area contributed by atoms with Crippen LogP contribution in [0, 0.1) is 23.7 Å². The minimum Gasteiger partial charge on any atom is -0.306 e. The van der Waals surface area contributed by atoms with Crippen LogP contribution in [0.2, 0.25) is 0 Å². The molecule has 1 heterocycles. The highest BCUT2D eigenvalue weighted by Gasteiger charge is 2.64. The minimum atomic E-state index is 0.565. The monoisotopic (exact) mass is 233 g/mol. The summed E-state index contributed by atoms with van der Waals surface area (Å²) in [4.78, 5) is 1.50. The lowest BCUT2D eigenvalue weighted by Crippen LogP contribution is -2.25. The number of fused-ring (bicyclic) bond motifs is 5. The van der Waals surface area contributed by atoms with Gasteiger partial charge in [-0.1, -0.05) is 6.07 Å². The van der Waals surface area contributed by atoms with E-state index in [0.717, 1.165) is 29.7 Å². The van der Waals surface area contributed by atoms with Gasteiger partial charge >= 0.3 is 0 Å². The van der Waals surface area contributed by atoms with E-state index in [-0.39, 0.29) is 0 Å². The third-order valence-electron chi connectivity index (χ3n) is 5.15. The molecule has 2 heteroatoms. The molecule has 5 atom stereocenters. The first kappa shape index (κ1) is 9.67. The molecule has 16 heavy (non-hydrogen) atoms. The quantitative estimate of drug-likeness (QED) is 0.843. The second-order valence-corrected chi connectivity index (χ2v) is 6.90. The van der Waals surface area contributed by atoms with Crippen LogP contribution in [0.25, 0.3) is 0 Å². The van der Waals surface area contributed by atoms with Crippen molar-refractivity contribution in [2.75, 3.05) is 0 Å². The van der Waals surface area contributed by atoms with Gasteiger partial charge in [0.2, 0.25) is 0 Å². The third kappa shape index (κ3) is 1.26. The highest BCUT2D eigenvalue weighted by atomic mass is 32.1. The fourth-order valence-corrected chi connectivity index (χ4v) is 5.20. The van der Waals surface area contributed by atoms with Crippen molar-refractivity contribution in [2.45, 2.75) is 38.3 Å². The van der Waals surface area contributed by atoms with E-state index >= 15 is 0 Å². The van der Waals surface area contributed by atoms with Crippen molar-refractivity contribution < 1.29 is 0 Å². The first-order valence-corrected chi connectivity index (χ1v) is 7.52. The maximum atomic E-state index is 3.87. The first-order valence-electron chi connectivity index (χ1n) is 6.64. The topological polar surface area (TPSA) is 12.0 Å². The van der Waals surface area contributed by atoms with Crippen LogP contribution in [0.5, 0.6) is 0 Å². The molecule has 3 saturated carbocycles. The highest BCUT2D eigenvalue weighted by molar-refractivity contribution is 7.10. The van der Waals surface area contributed by atoms with Crippen LogP contribution < -0.4 is 5.32 Å². The molecular formula is C14H19NS. The van der Waals surface area contributed by atoms with Crippen molar-refractivity contribution in [2.24, 2.45) is 23.7 Å². The smallest absolute Gasteiger partial charge is 0.0388 e. The van der Waals surface area contributed by atoms with Crippen molar-refractivity contribution in [3.8, 4) is 0 Å². The molecule has 3 fully saturated rings. The summed E-state index contributed by atoms with van der Waals surface area (Å²) in [5.74, 6) is 4.29. The summed E-state index contributed by atoms with van der Waals surface area (Å²) in [5.41, 5.74) is 0. The number of nitrogens with one attached hydrogen (secondary N) is 1. The van der Waals surface area contributed by atoms with E-state index in [2.05, 4.69) is 29.8 Å². The number of thiophene rings is 1. The largest absolute Gasteiger partial charge is 0.306 e. The van der Waals surface area contributed by atoms with Crippen LogP contribution in [-0.2, 0) is 0 Å². The zero-order valence-electron chi connectivity index (χ0n) is 9.73. The Hall–Kier alpha value is -0.340. The fraction of sp³-hybridized carbons (Fsp3) is 0.714. The van der Waals surface area contributed by atoms with Gasteiger partial charge in [0, 0.05) is 17.0 Å². The second kappa shape index (κ2) is 3.33. The van der Waals surface area contributed by atoms with Crippen molar-refractivity contribution in [3.63, 3.8) is 0 Å². The molecule has 0 spiro atoms. The Morgan fingerprint density at radius 2 is 2.06 bits per heavy atom. The van der Waals surface area contributed by atoms with Gasteiger partial charge in [0.1, 0.15) is 0 Å². The molecular weight excluding hydrogens is 214 g/mol. The molecule has 4 rings (SSSR count). The van der Waals surface area contributed by atoms with E-state index in [0.29, 0.717) is 6.04 Å². The lowest BCUT2D eigenvalue weighted by atomic mass is 10.0. The average molecular weight is 233 g/mol. The lowest BCUT2D eigenvalue weighted by Gasteiger charge is -2.15. The van der Waals surface area contributed by atoms with E-state index in [1.807, 2.05) is 11.3 Å². The average Bonchev–Trinajstić information content (AvgIpc) is 2.81. The van der Waals surface area contributed by atoms with Gasteiger partial charge < -0.3 is 5.32 Å². The molecule has 86 valence electrons. The van der Waals surface area contributed by atoms with Crippen LogP contribution in [0.4, 0.5) is 0 Å². The van der Waals surface area contributed by atoms with E-state index in [9.17, 15) is 0 Å². The maximum Gasteiger partial charge on any atom is 0.0388 e. The van der Waals surface area contributed by atoms with Crippen molar-refractivity contribution in [3.05, 3.63) is 22.4 Å². The third-order valence-corrected chi connectivity index (χ3v) is 6.20. The van der Waals surface area contributed by atoms with Gasteiger partial charge in [0.25, 0.3) is 0 Å².